The zero-order chi connectivity index (χ0) is 7.56. The van der Waals surface area contributed by atoms with Crippen molar-refractivity contribution in [1.29, 1.82) is 0 Å². The topological polar surface area (TPSA) is 17.8 Å². The SMILES string of the molecule is C/C=C(\C)c1nccn1C. The van der Waals surface area contributed by atoms with Crippen molar-refractivity contribution in [2.45, 2.75) is 13.8 Å². The summed E-state index contributed by atoms with van der Waals surface area (Å²) in [4.78, 5) is 4.18. The predicted molar refractivity (Wildman–Crippen MR) is 42.5 cm³/mol. The first-order chi connectivity index (χ1) is 4.75. The molecule has 0 atom stereocenters. The van der Waals surface area contributed by atoms with E-state index in [-0.39, 0.29) is 0 Å². The van der Waals surface area contributed by atoms with Crippen molar-refractivity contribution in [3.8, 4) is 0 Å². The molecule has 2 heteroatoms. The molecule has 0 aliphatic carbocycles. The molecule has 0 radical (unpaired) electrons. The quantitative estimate of drug-likeness (QED) is 0.576. The van der Waals surface area contributed by atoms with Crippen molar-refractivity contribution in [3.05, 3.63) is 24.3 Å². The van der Waals surface area contributed by atoms with Gasteiger partial charge >= 0.3 is 0 Å². The Kier molecular flexibility index (Phi) is 1.90. The fraction of sp³-hybridized carbons (Fsp3) is 0.375. The second-order valence-corrected chi connectivity index (χ2v) is 2.33. The van der Waals surface area contributed by atoms with Crippen LogP contribution in [-0.4, -0.2) is 9.55 Å². The van der Waals surface area contributed by atoms with Gasteiger partial charge in [0, 0.05) is 19.4 Å². The summed E-state index contributed by atoms with van der Waals surface area (Å²) in [5, 5.41) is 0. The fourth-order valence-electron chi connectivity index (χ4n) is 0.875. The molecule has 2 nitrogen and oxygen atoms in total. The van der Waals surface area contributed by atoms with Gasteiger partial charge in [-0.25, -0.2) is 4.98 Å². The van der Waals surface area contributed by atoms with Crippen LogP contribution in [-0.2, 0) is 7.05 Å². The summed E-state index contributed by atoms with van der Waals surface area (Å²) in [5.74, 6) is 1.04. The van der Waals surface area contributed by atoms with Gasteiger partial charge in [0.2, 0.25) is 0 Å². The van der Waals surface area contributed by atoms with Crippen LogP contribution in [0.3, 0.4) is 0 Å². The lowest BCUT2D eigenvalue weighted by Crippen LogP contribution is -1.92. The monoisotopic (exact) mass is 136 g/mol. The molecule has 0 bridgehead atoms. The maximum atomic E-state index is 4.18. The molecule has 1 aromatic rings. The van der Waals surface area contributed by atoms with Crippen LogP contribution in [0.25, 0.3) is 5.57 Å². The molecule has 1 rings (SSSR count). The van der Waals surface area contributed by atoms with E-state index in [1.54, 1.807) is 0 Å². The largest absolute Gasteiger partial charge is 0.334 e. The Labute approximate surface area is 61.2 Å². The molecule has 0 fully saturated rings. The zero-order valence-corrected chi connectivity index (χ0v) is 6.63. The van der Waals surface area contributed by atoms with Crippen molar-refractivity contribution in [3.63, 3.8) is 0 Å². The summed E-state index contributed by atoms with van der Waals surface area (Å²) in [6, 6.07) is 0. The maximum Gasteiger partial charge on any atom is 0.134 e. The summed E-state index contributed by atoms with van der Waals surface area (Å²) in [7, 11) is 2.00. The highest BCUT2D eigenvalue weighted by atomic mass is 15.0. The van der Waals surface area contributed by atoms with Gasteiger partial charge in [0.1, 0.15) is 5.82 Å². The number of aryl methyl sites for hydroxylation is 1. The number of nitrogens with zero attached hydrogens (tertiary/aromatic N) is 2. The minimum Gasteiger partial charge on any atom is -0.334 e. The van der Waals surface area contributed by atoms with Crippen molar-refractivity contribution in [2.75, 3.05) is 0 Å². The Bertz CT molecular complexity index is 246. The summed E-state index contributed by atoms with van der Waals surface area (Å²) >= 11 is 0. The fourth-order valence-corrected chi connectivity index (χ4v) is 0.875. The van der Waals surface area contributed by atoms with Crippen molar-refractivity contribution in [1.82, 2.24) is 9.55 Å². The van der Waals surface area contributed by atoms with Gasteiger partial charge in [0.05, 0.1) is 0 Å². The minimum absolute atomic E-state index is 1.04. The maximum absolute atomic E-state index is 4.18. The third-order valence-electron chi connectivity index (χ3n) is 1.61. The van der Waals surface area contributed by atoms with Gasteiger partial charge in [-0.2, -0.15) is 0 Å². The number of allylic oxidation sites excluding steroid dienone is 2. The molecule has 1 aromatic heterocycles. The Balaban J connectivity index is 3.05. The van der Waals surface area contributed by atoms with Gasteiger partial charge in [-0.3, -0.25) is 0 Å². The third kappa shape index (κ3) is 1.10. The predicted octanol–water partition coefficient (Wildman–Crippen LogP) is 1.84. The van der Waals surface area contributed by atoms with Crippen molar-refractivity contribution >= 4 is 5.57 Å². The molecular formula is C8H12N2. The van der Waals surface area contributed by atoms with Gasteiger partial charge < -0.3 is 4.57 Å². The Morgan fingerprint density at radius 3 is 2.80 bits per heavy atom. The highest BCUT2D eigenvalue weighted by Gasteiger charge is 1.97. The van der Waals surface area contributed by atoms with Crippen LogP contribution in [0, 0.1) is 0 Å². The molecule has 0 aliphatic rings. The van der Waals surface area contributed by atoms with E-state index in [1.807, 2.05) is 30.9 Å². The third-order valence-corrected chi connectivity index (χ3v) is 1.61. The summed E-state index contributed by atoms with van der Waals surface area (Å²) < 4.78 is 2.01. The molecule has 0 saturated carbocycles. The molecule has 0 saturated heterocycles. The van der Waals surface area contributed by atoms with Crippen LogP contribution >= 0.6 is 0 Å². The first kappa shape index (κ1) is 7.06. The summed E-state index contributed by atoms with van der Waals surface area (Å²) in [5.41, 5.74) is 1.22. The van der Waals surface area contributed by atoms with Gasteiger partial charge in [0.15, 0.2) is 0 Å². The van der Waals surface area contributed by atoms with E-state index in [2.05, 4.69) is 18.0 Å². The van der Waals surface area contributed by atoms with Crippen molar-refractivity contribution < 1.29 is 0 Å². The van der Waals surface area contributed by atoms with Crippen LogP contribution in [0.5, 0.6) is 0 Å². The van der Waals surface area contributed by atoms with E-state index in [1.165, 1.54) is 5.57 Å². The average Bonchev–Trinajstić information content (AvgIpc) is 2.34. The van der Waals surface area contributed by atoms with E-state index >= 15 is 0 Å². The molecule has 10 heavy (non-hydrogen) atoms. The molecule has 0 aliphatic heterocycles. The molecule has 0 spiro atoms. The van der Waals surface area contributed by atoms with Crippen LogP contribution in [0.4, 0.5) is 0 Å². The number of hydrogen-bond donors (Lipinski definition) is 0. The number of rotatable bonds is 1. The molecule has 54 valence electrons. The van der Waals surface area contributed by atoms with Crippen molar-refractivity contribution in [2.24, 2.45) is 7.05 Å². The normalized spacial score (nSPS) is 12.1. The lowest BCUT2D eigenvalue weighted by atomic mass is 10.3. The highest BCUT2D eigenvalue weighted by Crippen LogP contribution is 2.08. The number of aromatic nitrogens is 2. The van der Waals surface area contributed by atoms with E-state index in [4.69, 9.17) is 0 Å². The van der Waals surface area contributed by atoms with E-state index in [9.17, 15) is 0 Å². The van der Waals surface area contributed by atoms with Crippen LogP contribution in [0.2, 0.25) is 0 Å². The number of imidazole rings is 1. The number of hydrogen-bond acceptors (Lipinski definition) is 1. The van der Waals surface area contributed by atoms with Crippen LogP contribution in [0.1, 0.15) is 19.7 Å². The minimum atomic E-state index is 1.04. The lowest BCUT2D eigenvalue weighted by Gasteiger charge is -1.98. The van der Waals surface area contributed by atoms with Gasteiger partial charge in [-0.15, -0.1) is 0 Å². The zero-order valence-electron chi connectivity index (χ0n) is 6.63. The van der Waals surface area contributed by atoms with E-state index in [0.717, 1.165) is 5.82 Å². The smallest absolute Gasteiger partial charge is 0.134 e. The molecule has 0 amide bonds. The second kappa shape index (κ2) is 2.69. The molecule has 1 heterocycles. The van der Waals surface area contributed by atoms with Crippen LogP contribution in [0.15, 0.2) is 18.5 Å². The van der Waals surface area contributed by atoms with Gasteiger partial charge in [0.25, 0.3) is 0 Å². The highest BCUT2D eigenvalue weighted by molar-refractivity contribution is 5.56. The van der Waals surface area contributed by atoms with E-state index < -0.39 is 0 Å². The van der Waals surface area contributed by atoms with E-state index in [0.29, 0.717) is 0 Å². The Morgan fingerprint density at radius 1 is 1.70 bits per heavy atom. The summed E-state index contributed by atoms with van der Waals surface area (Å²) in [6.45, 7) is 4.08. The first-order valence-corrected chi connectivity index (χ1v) is 3.36. The van der Waals surface area contributed by atoms with Crippen LogP contribution < -0.4 is 0 Å². The molecule has 0 N–H and O–H groups in total. The molecule has 0 unspecified atom stereocenters. The Hall–Kier alpha value is -1.05. The average molecular weight is 136 g/mol. The molecule has 0 aromatic carbocycles. The molecular weight excluding hydrogens is 124 g/mol. The first-order valence-electron chi connectivity index (χ1n) is 3.36. The van der Waals surface area contributed by atoms with Gasteiger partial charge in [-0.05, 0) is 19.4 Å². The Morgan fingerprint density at radius 2 is 2.40 bits per heavy atom. The van der Waals surface area contributed by atoms with Gasteiger partial charge in [-0.1, -0.05) is 6.08 Å². The lowest BCUT2D eigenvalue weighted by molar-refractivity contribution is 0.888. The second-order valence-electron chi connectivity index (χ2n) is 2.33. The standard InChI is InChI=1S/C8H12N2/c1-4-7(2)8-9-5-6-10(8)3/h4-6H,1-3H3/b7-4+. The summed E-state index contributed by atoms with van der Waals surface area (Å²) in [6.07, 6.45) is 5.81.